The SMILES string of the molecule is CCOC(=O)C(C)(C)Sc1ccccc1F. The lowest BCUT2D eigenvalue weighted by Gasteiger charge is -2.21. The predicted molar refractivity (Wildman–Crippen MR) is 63.0 cm³/mol. The monoisotopic (exact) mass is 242 g/mol. The van der Waals surface area contributed by atoms with Crippen LogP contribution in [0.1, 0.15) is 20.8 Å². The number of carbonyl (C=O) groups is 1. The van der Waals surface area contributed by atoms with Crippen LogP contribution in [0.3, 0.4) is 0 Å². The first-order valence-corrected chi connectivity index (χ1v) is 5.90. The van der Waals surface area contributed by atoms with Crippen LogP contribution in [0.2, 0.25) is 0 Å². The van der Waals surface area contributed by atoms with Gasteiger partial charge in [0.25, 0.3) is 0 Å². The molecule has 0 saturated carbocycles. The van der Waals surface area contributed by atoms with Crippen LogP contribution < -0.4 is 0 Å². The lowest BCUT2D eigenvalue weighted by Crippen LogP contribution is -2.30. The summed E-state index contributed by atoms with van der Waals surface area (Å²) in [6.45, 7) is 5.53. The van der Waals surface area contributed by atoms with E-state index in [2.05, 4.69) is 0 Å². The van der Waals surface area contributed by atoms with Crippen LogP contribution in [0, 0.1) is 5.82 Å². The van der Waals surface area contributed by atoms with E-state index in [-0.39, 0.29) is 11.8 Å². The van der Waals surface area contributed by atoms with Crippen molar-refractivity contribution >= 4 is 17.7 Å². The molecular weight excluding hydrogens is 227 g/mol. The maximum atomic E-state index is 13.4. The van der Waals surface area contributed by atoms with E-state index in [0.717, 1.165) is 0 Å². The molecule has 0 atom stereocenters. The van der Waals surface area contributed by atoms with Crippen LogP contribution >= 0.6 is 11.8 Å². The second-order valence-electron chi connectivity index (χ2n) is 3.76. The summed E-state index contributed by atoms with van der Waals surface area (Å²) >= 11 is 1.17. The molecule has 0 heterocycles. The number of rotatable bonds is 4. The highest BCUT2D eigenvalue weighted by molar-refractivity contribution is 8.01. The molecule has 16 heavy (non-hydrogen) atoms. The smallest absolute Gasteiger partial charge is 0.321 e. The highest BCUT2D eigenvalue weighted by Gasteiger charge is 2.31. The average Bonchev–Trinajstić information content (AvgIpc) is 2.21. The third-order valence-corrected chi connectivity index (χ3v) is 3.20. The van der Waals surface area contributed by atoms with E-state index >= 15 is 0 Å². The minimum atomic E-state index is -0.780. The van der Waals surface area contributed by atoms with E-state index in [1.54, 1.807) is 39.0 Å². The molecule has 0 unspecified atom stereocenters. The molecule has 0 spiro atoms. The summed E-state index contributed by atoms with van der Waals surface area (Å²) < 4.78 is 17.6. The van der Waals surface area contributed by atoms with Gasteiger partial charge in [-0.25, -0.2) is 4.39 Å². The van der Waals surface area contributed by atoms with E-state index in [9.17, 15) is 9.18 Å². The number of hydrogen-bond acceptors (Lipinski definition) is 3. The Kier molecular flexibility index (Phi) is 4.35. The molecule has 0 aliphatic heterocycles. The van der Waals surface area contributed by atoms with Gasteiger partial charge in [0, 0.05) is 4.90 Å². The molecule has 0 bridgehead atoms. The summed E-state index contributed by atoms with van der Waals surface area (Å²) in [5, 5.41) is 0. The van der Waals surface area contributed by atoms with Crippen LogP contribution in [0.5, 0.6) is 0 Å². The maximum Gasteiger partial charge on any atom is 0.321 e. The normalized spacial score (nSPS) is 11.2. The van der Waals surface area contributed by atoms with E-state index in [1.165, 1.54) is 17.8 Å². The molecule has 4 heteroatoms. The Morgan fingerprint density at radius 1 is 1.44 bits per heavy atom. The number of carbonyl (C=O) groups excluding carboxylic acids is 1. The van der Waals surface area contributed by atoms with Crippen LogP contribution in [0.15, 0.2) is 29.2 Å². The van der Waals surface area contributed by atoms with Crippen molar-refractivity contribution in [1.29, 1.82) is 0 Å². The molecule has 0 aliphatic rings. The van der Waals surface area contributed by atoms with Crippen molar-refractivity contribution in [1.82, 2.24) is 0 Å². The van der Waals surface area contributed by atoms with Crippen molar-refractivity contribution in [3.8, 4) is 0 Å². The van der Waals surface area contributed by atoms with Crippen molar-refractivity contribution in [3.05, 3.63) is 30.1 Å². The highest BCUT2D eigenvalue weighted by atomic mass is 32.2. The molecule has 0 aliphatic carbocycles. The van der Waals surface area contributed by atoms with E-state index in [0.29, 0.717) is 11.5 Å². The van der Waals surface area contributed by atoms with Crippen LogP contribution in [0.4, 0.5) is 4.39 Å². The number of ether oxygens (including phenoxy) is 1. The lowest BCUT2D eigenvalue weighted by molar-refractivity contribution is -0.145. The minimum Gasteiger partial charge on any atom is -0.465 e. The first-order chi connectivity index (χ1) is 7.47. The molecule has 2 nitrogen and oxygen atoms in total. The summed E-state index contributed by atoms with van der Waals surface area (Å²) in [5.41, 5.74) is 0. The maximum absolute atomic E-state index is 13.4. The average molecular weight is 242 g/mol. The second-order valence-corrected chi connectivity index (χ2v) is 5.43. The summed E-state index contributed by atoms with van der Waals surface area (Å²) in [6.07, 6.45) is 0. The third kappa shape index (κ3) is 3.23. The topological polar surface area (TPSA) is 26.3 Å². The van der Waals surface area contributed by atoms with Gasteiger partial charge in [-0.15, -0.1) is 11.8 Å². The Hall–Kier alpha value is -1.03. The van der Waals surface area contributed by atoms with E-state index in [1.807, 2.05) is 0 Å². The Balaban J connectivity index is 2.80. The molecular formula is C12H15FO2S. The minimum absolute atomic E-state index is 0.315. The fourth-order valence-corrected chi connectivity index (χ4v) is 2.15. The summed E-state index contributed by atoms with van der Waals surface area (Å²) in [5.74, 6) is -0.645. The van der Waals surface area contributed by atoms with Crippen LogP contribution in [-0.2, 0) is 9.53 Å². The molecule has 0 fully saturated rings. The van der Waals surface area contributed by atoms with Crippen LogP contribution in [0.25, 0.3) is 0 Å². The molecule has 88 valence electrons. The number of halogens is 1. The first kappa shape index (κ1) is 13.0. The fourth-order valence-electron chi connectivity index (χ4n) is 1.15. The summed E-state index contributed by atoms with van der Waals surface area (Å²) in [4.78, 5) is 12.1. The largest absolute Gasteiger partial charge is 0.465 e. The zero-order valence-corrected chi connectivity index (χ0v) is 10.4. The van der Waals surface area contributed by atoms with Crippen molar-refractivity contribution in [3.63, 3.8) is 0 Å². The van der Waals surface area contributed by atoms with Gasteiger partial charge in [-0.05, 0) is 32.9 Å². The van der Waals surface area contributed by atoms with E-state index < -0.39 is 4.75 Å². The van der Waals surface area contributed by atoms with Gasteiger partial charge in [-0.3, -0.25) is 4.79 Å². The zero-order chi connectivity index (χ0) is 12.2. The van der Waals surface area contributed by atoms with Gasteiger partial charge >= 0.3 is 5.97 Å². The van der Waals surface area contributed by atoms with Crippen molar-refractivity contribution in [2.45, 2.75) is 30.4 Å². The molecule has 1 aromatic carbocycles. The van der Waals surface area contributed by atoms with Crippen LogP contribution in [-0.4, -0.2) is 17.3 Å². The Labute approximate surface area is 99.2 Å². The molecule has 1 aromatic rings. The first-order valence-electron chi connectivity index (χ1n) is 5.08. The zero-order valence-electron chi connectivity index (χ0n) is 9.62. The summed E-state index contributed by atoms with van der Waals surface area (Å²) in [6, 6.07) is 6.40. The highest BCUT2D eigenvalue weighted by Crippen LogP contribution is 2.34. The molecule has 0 amide bonds. The van der Waals surface area contributed by atoms with Gasteiger partial charge in [0.2, 0.25) is 0 Å². The molecule has 1 rings (SSSR count). The number of esters is 1. The molecule has 0 saturated heterocycles. The third-order valence-electron chi connectivity index (χ3n) is 1.97. The number of hydrogen-bond donors (Lipinski definition) is 0. The quantitative estimate of drug-likeness (QED) is 0.599. The predicted octanol–water partition coefficient (Wildman–Crippen LogP) is 3.26. The van der Waals surface area contributed by atoms with Gasteiger partial charge < -0.3 is 4.74 Å². The summed E-state index contributed by atoms with van der Waals surface area (Å²) in [7, 11) is 0. The Morgan fingerprint density at radius 3 is 2.62 bits per heavy atom. The van der Waals surface area contributed by atoms with Crippen molar-refractivity contribution < 1.29 is 13.9 Å². The lowest BCUT2D eigenvalue weighted by atomic mass is 10.2. The molecule has 0 N–H and O–H groups in total. The second kappa shape index (κ2) is 5.34. The van der Waals surface area contributed by atoms with Gasteiger partial charge in [-0.1, -0.05) is 12.1 Å². The Bertz CT molecular complexity index is 377. The number of benzene rings is 1. The standard InChI is InChI=1S/C12H15FO2S/c1-4-15-11(14)12(2,3)16-10-8-6-5-7-9(10)13/h5-8H,4H2,1-3H3. The van der Waals surface area contributed by atoms with Crippen molar-refractivity contribution in [2.75, 3.05) is 6.61 Å². The fraction of sp³-hybridized carbons (Fsp3) is 0.417. The van der Waals surface area contributed by atoms with Gasteiger partial charge in [0.05, 0.1) is 6.61 Å². The number of thioether (sulfide) groups is 1. The van der Waals surface area contributed by atoms with Gasteiger partial charge in [0.15, 0.2) is 0 Å². The molecule has 0 radical (unpaired) electrons. The molecule has 0 aromatic heterocycles. The Morgan fingerprint density at radius 2 is 2.06 bits per heavy atom. The van der Waals surface area contributed by atoms with Gasteiger partial charge in [0.1, 0.15) is 10.6 Å². The van der Waals surface area contributed by atoms with Gasteiger partial charge in [-0.2, -0.15) is 0 Å². The van der Waals surface area contributed by atoms with Crippen molar-refractivity contribution in [2.24, 2.45) is 0 Å². The van der Waals surface area contributed by atoms with E-state index in [4.69, 9.17) is 4.74 Å².